The van der Waals surface area contributed by atoms with Crippen molar-refractivity contribution in [2.45, 2.75) is 103 Å². The van der Waals surface area contributed by atoms with Crippen molar-refractivity contribution in [1.29, 1.82) is 0 Å². The van der Waals surface area contributed by atoms with Crippen molar-refractivity contribution in [3.05, 3.63) is 35.1 Å². The molecule has 1 aromatic carbocycles. The van der Waals surface area contributed by atoms with Crippen LogP contribution in [0.25, 0.3) is 0 Å². The molecule has 34 heavy (non-hydrogen) atoms. The SMILES string of the molecule is CCCCCC1(C)COC(O)(C2CCC(C3CCC(c4cc(F)c(F)c(F)c4)CC3)CC2)OC1. The lowest BCUT2D eigenvalue weighted by Crippen LogP contribution is -2.53. The summed E-state index contributed by atoms with van der Waals surface area (Å²) in [6.07, 6.45) is 12.3. The summed E-state index contributed by atoms with van der Waals surface area (Å²) < 4.78 is 52.5. The Balaban J connectivity index is 1.23. The van der Waals surface area contributed by atoms with Gasteiger partial charge in [0.25, 0.3) is 5.97 Å². The van der Waals surface area contributed by atoms with Crippen LogP contribution in [0, 0.1) is 40.6 Å². The third-order valence-corrected chi connectivity index (χ3v) is 8.84. The molecule has 0 aromatic heterocycles. The molecule has 1 aromatic rings. The van der Waals surface area contributed by atoms with E-state index in [1.54, 1.807) is 0 Å². The standard InChI is InChI=1S/C28H41F3O3/c1-3-4-5-14-27(2)17-33-28(32,34-18-27)23-12-10-20(11-13-23)19-6-8-21(9-7-19)22-15-24(29)26(31)25(30)16-22/h15-16,19-21,23,32H,3-14,17-18H2,1-2H3. The van der Waals surface area contributed by atoms with E-state index in [2.05, 4.69) is 13.8 Å². The van der Waals surface area contributed by atoms with Crippen LogP contribution in [0.5, 0.6) is 0 Å². The highest BCUT2D eigenvalue weighted by Gasteiger charge is 2.48. The molecule has 0 bridgehead atoms. The molecule has 0 radical (unpaired) electrons. The van der Waals surface area contributed by atoms with Gasteiger partial charge in [-0.15, -0.1) is 0 Å². The van der Waals surface area contributed by atoms with Crippen LogP contribution < -0.4 is 0 Å². The highest BCUT2D eigenvalue weighted by atomic mass is 19.2. The summed E-state index contributed by atoms with van der Waals surface area (Å²) in [7, 11) is 0. The maximum Gasteiger partial charge on any atom is 0.283 e. The Morgan fingerprint density at radius 2 is 1.38 bits per heavy atom. The largest absolute Gasteiger partial charge is 0.343 e. The number of hydrogen-bond acceptors (Lipinski definition) is 3. The third-order valence-electron chi connectivity index (χ3n) is 8.84. The molecule has 3 fully saturated rings. The fraction of sp³-hybridized carbons (Fsp3) is 0.786. The van der Waals surface area contributed by atoms with Gasteiger partial charge in [-0.25, -0.2) is 13.2 Å². The average Bonchev–Trinajstić information content (AvgIpc) is 2.85. The summed E-state index contributed by atoms with van der Waals surface area (Å²) in [5.41, 5.74) is 0.558. The van der Waals surface area contributed by atoms with E-state index in [9.17, 15) is 18.3 Å². The minimum absolute atomic E-state index is 0.00504. The van der Waals surface area contributed by atoms with Crippen molar-refractivity contribution >= 4 is 0 Å². The van der Waals surface area contributed by atoms with E-state index in [1.165, 1.54) is 12.8 Å². The summed E-state index contributed by atoms with van der Waals surface area (Å²) in [4.78, 5) is 0. The number of hydrogen-bond donors (Lipinski definition) is 1. The van der Waals surface area contributed by atoms with Crippen LogP contribution in [0.2, 0.25) is 0 Å². The number of ether oxygens (including phenoxy) is 2. The van der Waals surface area contributed by atoms with Gasteiger partial charge in [-0.05, 0) is 93.2 Å². The highest BCUT2D eigenvalue weighted by molar-refractivity contribution is 5.23. The lowest BCUT2D eigenvalue weighted by molar-refractivity contribution is -0.427. The highest BCUT2D eigenvalue weighted by Crippen LogP contribution is 2.47. The van der Waals surface area contributed by atoms with Gasteiger partial charge in [0, 0.05) is 11.3 Å². The minimum Gasteiger partial charge on any atom is -0.343 e. The van der Waals surface area contributed by atoms with E-state index in [-0.39, 0.29) is 17.3 Å². The summed E-state index contributed by atoms with van der Waals surface area (Å²) in [5.74, 6) is -3.74. The normalized spacial score (nSPS) is 37.0. The molecular formula is C28H41F3O3. The van der Waals surface area contributed by atoms with Crippen LogP contribution in [0.3, 0.4) is 0 Å². The molecule has 3 aliphatic rings. The summed E-state index contributed by atoms with van der Waals surface area (Å²) in [5, 5.41) is 11.1. The molecule has 4 rings (SSSR count). The second kappa shape index (κ2) is 10.9. The lowest BCUT2D eigenvalue weighted by Gasteiger charge is -2.47. The minimum atomic E-state index is -1.45. The van der Waals surface area contributed by atoms with Crippen LogP contribution in [0.4, 0.5) is 13.2 Å². The number of unbranched alkanes of at least 4 members (excludes halogenated alkanes) is 2. The molecule has 1 N–H and O–H groups in total. The van der Waals surface area contributed by atoms with E-state index in [4.69, 9.17) is 9.47 Å². The maximum atomic E-state index is 13.6. The van der Waals surface area contributed by atoms with Gasteiger partial charge >= 0.3 is 0 Å². The van der Waals surface area contributed by atoms with Crippen LogP contribution in [-0.4, -0.2) is 24.3 Å². The second-order valence-electron chi connectivity index (χ2n) is 11.5. The monoisotopic (exact) mass is 482 g/mol. The van der Waals surface area contributed by atoms with Gasteiger partial charge in [-0.1, -0.05) is 33.1 Å². The maximum absolute atomic E-state index is 13.6. The van der Waals surface area contributed by atoms with Crippen molar-refractivity contribution < 1.29 is 27.8 Å². The van der Waals surface area contributed by atoms with Crippen LogP contribution in [0.1, 0.15) is 102 Å². The second-order valence-corrected chi connectivity index (χ2v) is 11.5. The Morgan fingerprint density at radius 1 is 0.853 bits per heavy atom. The molecule has 192 valence electrons. The molecule has 6 heteroatoms. The third kappa shape index (κ3) is 5.82. The molecule has 3 nitrogen and oxygen atoms in total. The smallest absolute Gasteiger partial charge is 0.283 e. The zero-order valence-corrected chi connectivity index (χ0v) is 20.8. The lowest BCUT2D eigenvalue weighted by atomic mass is 9.68. The van der Waals surface area contributed by atoms with E-state index in [0.29, 0.717) is 30.6 Å². The number of halogens is 3. The van der Waals surface area contributed by atoms with Gasteiger partial charge in [0.15, 0.2) is 17.5 Å². The van der Waals surface area contributed by atoms with Gasteiger partial charge in [0.05, 0.1) is 13.2 Å². The molecule has 1 saturated heterocycles. The first-order chi connectivity index (χ1) is 16.2. The summed E-state index contributed by atoms with van der Waals surface area (Å²) in [6.45, 7) is 5.47. The number of benzene rings is 1. The van der Waals surface area contributed by atoms with Crippen molar-refractivity contribution in [2.24, 2.45) is 23.2 Å². The topological polar surface area (TPSA) is 38.7 Å². The van der Waals surface area contributed by atoms with E-state index >= 15 is 0 Å². The molecule has 1 aliphatic heterocycles. The van der Waals surface area contributed by atoms with Crippen molar-refractivity contribution in [3.8, 4) is 0 Å². The molecule has 1 heterocycles. The van der Waals surface area contributed by atoms with E-state index in [1.807, 2.05) is 0 Å². The van der Waals surface area contributed by atoms with Gasteiger partial charge < -0.3 is 14.6 Å². The Kier molecular flexibility index (Phi) is 8.31. The molecule has 0 spiro atoms. The zero-order valence-electron chi connectivity index (χ0n) is 20.8. The number of rotatable bonds is 7. The van der Waals surface area contributed by atoms with Crippen LogP contribution in [0.15, 0.2) is 12.1 Å². The molecule has 0 atom stereocenters. The van der Waals surface area contributed by atoms with Gasteiger partial charge in [0.2, 0.25) is 0 Å². The fourth-order valence-electron chi connectivity index (χ4n) is 6.51. The molecule has 0 unspecified atom stereocenters. The quantitative estimate of drug-likeness (QED) is 0.324. The first-order valence-corrected chi connectivity index (χ1v) is 13.4. The Bertz CT molecular complexity index is 782. The van der Waals surface area contributed by atoms with Gasteiger partial charge in [-0.2, -0.15) is 0 Å². The van der Waals surface area contributed by atoms with Crippen molar-refractivity contribution in [1.82, 2.24) is 0 Å². The summed E-state index contributed by atoms with van der Waals surface area (Å²) >= 11 is 0. The Labute approximate surface area is 202 Å². The molecule has 2 saturated carbocycles. The van der Waals surface area contributed by atoms with Crippen LogP contribution >= 0.6 is 0 Å². The van der Waals surface area contributed by atoms with Gasteiger partial charge in [-0.3, -0.25) is 0 Å². The molecular weight excluding hydrogens is 441 g/mol. The molecule has 2 aliphatic carbocycles. The average molecular weight is 483 g/mol. The van der Waals surface area contributed by atoms with Crippen molar-refractivity contribution in [2.75, 3.05) is 13.2 Å². The predicted octanol–water partition coefficient (Wildman–Crippen LogP) is 7.46. The molecule has 0 amide bonds. The summed E-state index contributed by atoms with van der Waals surface area (Å²) in [6, 6.07) is 2.32. The van der Waals surface area contributed by atoms with Crippen LogP contribution in [-0.2, 0) is 9.47 Å². The number of aliphatic hydroxyl groups is 1. The van der Waals surface area contributed by atoms with E-state index in [0.717, 1.165) is 76.3 Å². The van der Waals surface area contributed by atoms with E-state index < -0.39 is 23.4 Å². The van der Waals surface area contributed by atoms with Gasteiger partial charge in [0.1, 0.15) is 0 Å². The fourth-order valence-corrected chi connectivity index (χ4v) is 6.51. The first-order valence-electron chi connectivity index (χ1n) is 13.4. The Hall–Kier alpha value is -1.11. The zero-order chi connectivity index (χ0) is 24.3. The van der Waals surface area contributed by atoms with Crippen molar-refractivity contribution in [3.63, 3.8) is 0 Å². The first kappa shape index (κ1) is 26.0. The predicted molar refractivity (Wildman–Crippen MR) is 126 cm³/mol. The Morgan fingerprint density at radius 3 is 1.91 bits per heavy atom.